The zero-order valence-corrected chi connectivity index (χ0v) is 20.0. The van der Waals surface area contributed by atoms with Gasteiger partial charge < -0.3 is 5.32 Å². The molecule has 33 heavy (non-hydrogen) atoms. The molecule has 0 bridgehead atoms. The van der Waals surface area contributed by atoms with Gasteiger partial charge in [0.05, 0.1) is 5.69 Å². The molecule has 9 heteroatoms. The van der Waals surface area contributed by atoms with E-state index in [0.717, 1.165) is 10.0 Å². The zero-order valence-electron chi connectivity index (χ0n) is 18.4. The van der Waals surface area contributed by atoms with E-state index < -0.39 is 11.2 Å². The fourth-order valence-electron chi connectivity index (χ4n) is 3.90. The molecule has 0 spiro atoms. The fraction of sp³-hybridized carbons (Fsp3) is 0.250. The number of carbonyl (C=O) groups excluding carboxylic acids is 1. The molecule has 4 rings (SSSR count). The maximum atomic E-state index is 13.4. The van der Waals surface area contributed by atoms with Crippen LogP contribution in [0.4, 0.5) is 5.69 Å². The summed E-state index contributed by atoms with van der Waals surface area (Å²) in [6.07, 6.45) is 0.520. The van der Waals surface area contributed by atoms with E-state index in [2.05, 4.69) is 26.3 Å². The van der Waals surface area contributed by atoms with Gasteiger partial charge in [-0.25, -0.2) is 4.79 Å². The molecule has 8 nitrogen and oxygen atoms in total. The zero-order chi connectivity index (χ0) is 23.5. The van der Waals surface area contributed by atoms with Crippen molar-refractivity contribution < 1.29 is 4.79 Å². The van der Waals surface area contributed by atoms with Crippen molar-refractivity contribution in [3.05, 3.63) is 91.2 Å². The topological polar surface area (TPSA) is 90.9 Å². The predicted molar refractivity (Wildman–Crippen MR) is 132 cm³/mol. The molecular formula is C24H24BrN5O3. The van der Waals surface area contributed by atoms with Crippen LogP contribution in [0, 0.1) is 6.92 Å². The van der Waals surface area contributed by atoms with Gasteiger partial charge in [0.15, 0.2) is 5.52 Å². The normalized spacial score (nSPS) is 11.1. The number of fused-ring (bicyclic) bond motifs is 1. The Kier molecular flexibility index (Phi) is 6.60. The average molecular weight is 510 g/mol. The van der Waals surface area contributed by atoms with Gasteiger partial charge in [0.2, 0.25) is 5.91 Å². The third-order valence-electron chi connectivity index (χ3n) is 5.47. The number of aromatic nitrogens is 4. The number of rotatable bonds is 7. The van der Waals surface area contributed by atoms with Gasteiger partial charge in [0.1, 0.15) is 12.1 Å². The molecule has 0 radical (unpaired) electrons. The van der Waals surface area contributed by atoms with Crippen LogP contribution in [-0.4, -0.2) is 24.8 Å². The molecule has 2 heterocycles. The highest BCUT2D eigenvalue weighted by atomic mass is 79.9. The van der Waals surface area contributed by atoms with Crippen molar-refractivity contribution in [2.75, 3.05) is 5.32 Å². The predicted octanol–water partition coefficient (Wildman–Crippen LogP) is 3.33. The van der Waals surface area contributed by atoms with Crippen LogP contribution >= 0.6 is 15.9 Å². The molecule has 170 valence electrons. The largest absolute Gasteiger partial charge is 0.332 e. The van der Waals surface area contributed by atoms with Gasteiger partial charge in [0.25, 0.3) is 5.56 Å². The van der Waals surface area contributed by atoms with Crippen LogP contribution in [0.3, 0.4) is 0 Å². The van der Waals surface area contributed by atoms with E-state index in [1.165, 1.54) is 9.13 Å². The molecule has 0 aliphatic carbocycles. The third kappa shape index (κ3) is 4.68. The summed E-state index contributed by atoms with van der Waals surface area (Å²) in [5.41, 5.74) is 1.99. The smallest absolute Gasteiger partial charge is 0.325 e. The number of nitrogens with one attached hydrogen (secondary N) is 1. The van der Waals surface area contributed by atoms with E-state index >= 15 is 0 Å². The number of benzene rings is 2. The van der Waals surface area contributed by atoms with Crippen LogP contribution in [0.5, 0.6) is 0 Å². The number of hydrogen-bond donors (Lipinski definition) is 1. The van der Waals surface area contributed by atoms with Crippen molar-refractivity contribution in [3.8, 4) is 0 Å². The van der Waals surface area contributed by atoms with Gasteiger partial charge in [-0.1, -0.05) is 46.3 Å². The van der Waals surface area contributed by atoms with Crippen molar-refractivity contribution in [1.29, 1.82) is 0 Å². The first-order valence-corrected chi connectivity index (χ1v) is 11.5. The molecule has 0 unspecified atom stereocenters. The minimum absolute atomic E-state index is 0.208. The number of hydrogen-bond acceptors (Lipinski definition) is 4. The summed E-state index contributed by atoms with van der Waals surface area (Å²) < 4.78 is 5.04. The second-order valence-corrected chi connectivity index (χ2v) is 8.63. The first-order chi connectivity index (χ1) is 15.9. The molecular weight excluding hydrogens is 486 g/mol. The van der Waals surface area contributed by atoms with E-state index in [0.29, 0.717) is 35.4 Å². The van der Waals surface area contributed by atoms with Gasteiger partial charge >= 0.3 is 5.69 Å². The monoisotopic (exact) mass is 509 g/mol. The summed E-state index contributed by atoms with van der Waals surface area (Å²) in [5.74, 6) is -0.363. The number of halogens is 1. The highest BCUT2D eigenvalue weighted by Crippen LogP contribution is 2.16. The molecule has 0 saturated heterocycles. The average Bonchev–Trinajstić information content (AvgIpc) is 3.15. The Balaban J connectivity index is 1.76. The third-order valence-corrected chi connectivity index (χ3v) is 6.00. The second-order valence-electron chi connectivity index (χ2n) is 7.71. The molecule has 1 amide bonds. The molecule has 0 fully saturated rings. The summed E-state index contributed by atoms with van der Waals surface area (Å²) in [4.78, 5) is 39.5. The first kappa shape index (κ1) is 22.7. The Morgan fingerprint density at radius 2 is 1.70 bits per heavy atom. The quantitative estimate of drug-likeness (QED) is 0.413. The van der Waals surface area contributed by atoms with E-state index in [9.17, 15) is 14.4 Å². The fourth-order valence-corrected chi connectivity index (χ4v) is 4.16. The van der Waals surface area contributed by atoms with E-state index in [4.69, 9.17) is 0 Å². The van der Waals surface area contributed by atoms with Gasteiger partial charge in [-0.3, -0.25) is 23.4 Å². The van der Waals surface area contributed by atoms with Gasteiger partial charge in [-0.2, -0.15) is 5.10 Å². The summed E-state index contributed by atoms with van der Waals surface area (Å²) in [5, 5.41) is 7.25. The van der Waals surface area contributed by atoms with Crippen molar-refractivity contribution in [1.82, 2.24) is 18.9 Å². The minimum atomic E-state index is -0.520. The van der Waals surface area contributed by atoms with E-state index in [1.807, 2.05) is 49.4 Å². The summed E-state index contributed by atoms with van der Waals surface area (Å²) >= 11 is 3.37. The van der Waals surface area contributed by atoms with Crippen LogP contribution < -0.4 is 16.6 Å². The molecule has 2 aromatic heterocycles. The van der Waals surface area contributed by atoms with Crippen LogP contribution in [0.1, 0.15) is 18.2 Å². The van der Waals surface area contributed by atoms with Gasteiger partial charge in [-0.05, 0) is 50.1 Å². The molecule has 0 saturated carbocycles. The first-order valence-electron chi connectivity index (χ1n) is 10.7. The maximum absolute atomic E-state index is 13.4. The Hall–Kier alpha value is -3.46. The number of anilines is 1. The SMILES string of the molecule is CCn1nc(C)c2c1c(=O)n(CCc1ccccc1)c(=O)n2CC(=O)Nc1ccc(Br)cc1. The molecule has 4 aromatic rings. The summed E-state index contributed by atoms with van der Waals surface area (Å²) in [6, 6.07) is 16.8. The van der Waals surface area contributed by atoms with Crippen molar-refractivity contribution in [2.24, 2.45) is 0 Å². The van der Waals surface area contributed by atoms with Gasteiger partial charge in [0, 0.05) is 23.2 Å². The van der Waals surface area contributed by atoms with Crippen molar-refractivity contribution in [3.63, 3.8) is 0 Å². The summed E-state index contributed by atoms with van der Waals surface area (Å²) in [6.45, 7) is 4.08. The number of aryl methyl sites for hydroxylation is 3. The highest BCUT2D eigenvalue weighted by molar-refractivity contribution is 9.10. The Labute approximate surface area is 198 Å². The lowest BCUT2D eigenvalue weighted by Crippen LogP contribution is -2.42. The van der Waals surface area contributed by atoms with Crippen molar-refractivity contribution in [2.45, 2.75) is 39.9 Å². The van der Waals surface area contributed by atoms with Crippen LogP contribution in [-0.2, 0) is 30.8 Å². The second kappa shape index (κ2) is 9.58. The Morgan fingerprint density at radius 3 is 2.36 bits per heavy atom. The van der Waals surface area contributed by atoms with E-state index in [-0.39, 0.29) is 19.0 Å². The minimum Gasteiger partial charge on any atom is -0.325 e. The Morgan fingerprint density at radius 1 is 1.00 bits per heavy atom. The van der Waals surface area contributed by atoms with Crippen LogP contribution in [0.2, 0.25) is 0 Å². The summed E-state index contributed by atoms with van der Waals surface area (Å²) in [7, 11) is 0. The number of carbonyl (C=O) groups is 1. The molecule has 2 aromatic carbocycles. The number of amides is 1. The molecule has 0 aliphatic heterocycles. The van der Waals surface area contributed by atoms with Crippen LogP contribution in [0.25, 0.3) is 11.0 Å². The molecule has 1 N–H and O–H groups in total. The molecule has 0 aliphatic rings. The van der Waals surface area contributed by atoms with Crippen LogP contribution in [0.15, 0.2) is 68.7 Å². The van der Waals surface area contributed by atoms with Gasteiger partial charge in [-0.15, -0.1) is 0 Å². The lowest BCUT2D eigenvalue weighted by molar-refractivity contribution is -0.116. The lowest BCUT2D eigenvalue weighted by atomic mass is 10.1. The number of nitrogens with zero attached hydrogens (tertiary/aromatic N) is 4. The highest BCUT2D eigenvalue weighted by Gasteiger charge is 2.21. The lowest BCUT2D eigenvalue weighted by Gasteiger charge is -2.13. The maximum Gasteiger partial charge on any atom is 0.332 e. The molecule has 0 atom stereocenters. The Bertz CT molecular complexity index is 1420. The standard InChI is InChI=1S/C24H24BrN5O3/c1-3-30-22-21(16(2)27-30)29(15-20(31)26-19-11-9-18(25)10-12-19)24(33)28(23(22)32)14-13-17-7-5-4-6-8-17/h4-12H,3,13-15H2,1-2H3,(H,26,31). The van der Waals surface area contributed by atoms with Crippen molar-refractivity contribution >= 4 is 38.6 Å². The van der Waals surface area contributed by atoms with E-state index in [1.54, 1.807) is 23.7 Å².